The van der Waals surface area contributed by atoms with Crippen molar-refractivity contribution in [1.82, 2.24) is 5.32 Å². The van der Waals surface area contributed by atoms with E-state index >= 15 is 0 Å². The van der Waals surface area contributed by atoms with Gasteiger partial charge in [-0.3, -0.25) is 4.79 Å². The Hall–Kier alpha value is -2.82. The topological polar surface area (TPSA) is 75.6 Å². The Morgan fingerprint density at radius 3 is 2.25 bits per heavy atom. The van der Waals surface area contributed by atoms with Crippen molar-refractivity contribution >= 4 is 11.9 Å². The number of benzene rings is 2. The van der Waals surface area contributed by atoms with E-state index in [0.29, 0.717) is 30.8 Å². The molecule has 1 amide bonds. The average Bonchev–Trinajstić information content (AvgIpc) is 2.57. The maximum absolute atomic E-state index is 12.2. The summed E-state index contributed by atoms with van der Waals surface area (Å²) in [7, 11) is 0. The van der Waals surface area contributed by atoms with Crippen LogP contribution in [0.5, 0.6) is 5.75 Å². The standard InChI is InChI=1S/C19H19NO4/c21-17(20-19(18(22)23)11-4-12-19)15-7-9-16(10-8-15)24-13-14-5-2-1-3-6-14/h1-3,5-10H,4,11-13H2,(H,20,21)(H,22,23). The quantitative estimate of drug-likeness (QED) is 0.856. The molecule has 0 spiro atoms. The van der Waals surface area contributed by atoms with Crippen molar-refractivity contribution in [3.63, 3.8) is 0 Å². The molecule has 2 N–H and O–H groups in total. The van der Waals surface area contributed by atoms with Crippen molar-refractivity contribution < 1.29 is 19.4 Å². The van der Waals surface area contributed by atoms with Gasteiger partial charge in [-0.25, -0.2) is 4.79 Å². The number of hydrogen-bond donors (Lipinski definition) is 2. The third-order valence-corrected chi connectivity index (χ3v) is 4.33. The molecule has 2 aromatic carbocycles. The highest BCUT2D eigenvalue weighted by Gasteiger charge is 2.45. The zero-order chi connectivity index (χ0) is 17.0. The number of aliphatic carboxylic acids is 1. The van der Waals surface area contributed by atoms with Gasteiger partial charge in [-0.05, 0) is 49.1 Å². The second-order valence-electron chi connectivity index (χ2n) is 5.99. The van der Waals surface area contributed by atoms with Crippen LogP contribution < -0.4 is 10.1 Å². The Morgan fingerprint density at radius 2 is 1.71 bits per heavy atom. The van der Waals surface area contributed by atoms with Gasteiger partial charge in [0, 0.05) is 5.56 Å². The van der Waals surface area contributed by atoms with Crippen LogP contribution in [0.2, 0.25) is 0 Å². The van der Waals surface area contributed by atoms with Crippen LogP contribution in [0.25, 0.3) is 0 Å². The molecule has 5 nitrogen and oxygen atoms in total. The van der Waals surface area contributed by atoms with E-state index in [1.54, 1.807) is 24.3 Å². The SMILES string of the molecule is O=C(NC1(C(=O)O)CCC1)c1ccc(OCc2ccccc2)cc1. The first-order valence-corrected chi connectivity index (χ1v) is 7.92. The summed E-state index contributed by atoms with van der Waals surface area (Å²) < 4.78 is 5.67. The summed E-state index contributed by atoms with van der Waals surface area (Å²) in [4.78, 5) is 23.5. The number of carboxylic acids is 1. The van der Waals surface area contributed by atoms with Gasteiger partial charge in [0.2, 0.25) is 0 Å². The van der Waals surface area contributed by atoms with Gasteiger partial charge in [-0.15, -0.1) is 0 Å². The van der Waals surface area contributed by atoms with Crippen molar-refractivity contribution in [3.05, 3.63) is 65.7 Å². The fourth-order valence-corrected chi connectivity index (χ4v) is 2.66. The zero-order valence-electron chi connectivity index (χ0n) is 13.2. The molecule has 124 valence electrons. The van der Waals surface area contributed by atoms with E-state index < -0.39 is 11.5 Å². The Bertz CT molecular complexity index is 721. The number of carboxylic acid groups (broad SMARTS) is 1. The smallest absolute Gasteiger partial charge is 0.329 e. The van der Waals surface area contributed by atoms with Crippen molar-refractivity contribution in [1.29, 1.82) is 0 Å². The molecule has 1 saturated carbocycles. The van der Waals surface area contributed by atoms with E-state index in [4.69, 9.17) is 4.74 Å². The van der Waals surface area contributed by atoms with Crippen LogP contribution in [0.3, 0.4) is 0 Å². The summed E-state index contributed by atoms with van der Waals surface area (Å²) in [6.07, 6.45) is 1.78. The molecule has 1 fully saturated rings. The molecule has 3 rings (SSSR count). The third-order valence-electron chi connectivity index (χ3n) is 4.33. The van der Waals surface area contributed by atoms with Crippen molar-refractivity contribution in [2.75, 3.05) is 0 Å². The first-order valence-electron chi connectivity index (χ1n) is 7.92. The second kappa shape index (κ2) is 6.74. The highest BCUT2D eigenvalue weighted by Crippen LogP contribution is 2.32. The predicted octanol–water partition coefficient (Wildman–Crippen LogP) is 3.00. The molecule has 0 aromatic heterocycles. The second-order valence-corrected chi connectivity index (χ2v) is 5.99. The van der Waals surface area contributed by atoms with Gasteiger partial charge in [-0.1, -0.05) is 30.3 Å². The van der Waals surface area contributed by atoms with Crippen LogP contribution >= 0.6 is 0 Å². The summed E-state index contributed by atoms with van der Waals surface area (Å²) in [5.74, 6) is -0.677. The van der Waals surface area contributed by atoms with Gasteiger partial charge in [0.25, 0.3) is 5.91 Å². The van der Waals surface area contributed by atoms with Crippen molar-refractivity contribution in [2.45, 2.75) is 31.4 Å². The first-order chi connectivity index (χ1) is 11.6. The maximum Gasteiger partial charge on any atom is 0.329 e. The molecule has 5 heteroatoms. The molecule has 0 unspecified atom stereocenters. The molecule has 1 aliphatic rings. The molecular formula is C19H19NO4. The van der Waals surface area contributed by atoms with E-state index in [1.807, 2.05) is 30.3 Å². The number of rotatable bonds is 6. The normalized spacial score (nSPS) is 15.2. The van der Waals surface area contributed by atoms with Crippen LogP contribution in [-0.2, 0) is 11.4 Å². The molecule has 0 radical (unpaired) electrons. The van der Waals surface area contributed by atoms with Crippen molar-refractivity contribution in [2.24, 2.45) is 0 Å². The highest BCUT2D eigenvalue weighted by atomic mass is 16.5. The Labute approximate surface area is 140 Å². The molecule has 0 aliphatic heterocycles. The molecule has 2 aromatic rings. The predicted molar refractivity (Wildman–Crippen MR) is 88.9 cm³/mol. The fourth-order valence-electron chi connectivity index (χ4n) is 2.66. The molecule has 0 atom stereocenters. The number of hydrogen-bond acceptors (Lipinski definition) is 3. The molecule has 0 saturated heterocycles. The Kier molecular flexibility index (Phi) is 4.51. The molecule has 0 heterocycles. The summed E-state index contributed by atoms with van der Waals surface area (Å²) >= 11 is 0. The molecule has 1 aliphatic carbocycles. The van der Waals surface area contributed by atoms with E-state index in [9.17, 15) is 14.7 Å². The largest absolute Gasteiger partial charge is 0.489 e. The van der Waals surface area contributed by atoms with E-state index in [1.165, 1.54) is 0 Å². The van der Waals surface area contributed by atoms with Crippen LogP contribution in [0.1, 0.15) is 35.2 Å². The lowest BCUT2D eigenvalue weighted by Gasteiger charge is -2.38. The van der Waals surface area contributed by atoms with Crippen LogP contribution in [-0.4, -0.2) is 22.5 Å². The van der Waals surface area contributed by atoms with Gasteiger partial charge in [0.05, 0.1) is 0 Å². The van der Waals surface area contributed by atoms with Gasteiger partial charge in [0.1, 0.15) is 17.9 Å². The van der Waals surface area contributed by atoms with Crippen molar-refractivity contribution in [3.8, 4) is 5.75 Å². The minimum atomic E-state index is -1.10. The number of ether oxygens (including phenoxy) is 1. The van der Waals surface area contributed by atoms with Crippen LogP contribution in [0.4, 0.5) is 0 Å². The lowest BCUT2D eigenvalue weighted by Crippen LogP contribution is -2.59. The fraction of sp³-hybridized carbons (Fsp3) is 0.263. The zero-order valence-corrected chi connectivity index (χ0v) is 13.2. The monoisotopic (exact) mass is 325 g/mol. The van der Waals surface area contributed by atoms with E-state index in [2.05, 4.69) is 5.32 Å². The number of amides is 1. The third kappa shape index (κ3) is 3.40. The maximum atomic E-state index is 12.2. The van der Waals surface area contributed by atoms with Crippen LogP contribution in [0.15, 0.2) is 54.6 Å². The van der Waals surface area contributed by atoms with Gasteiger partial charge < -0.3 is 15.2 Å². The van der Waals surface area contributed by atoms with Gasteiger partial charge in [-0.2, -0.15) is 0 Å². The number of nitrogens with one attached hydrogen (secondary N) is 1. The minimum absolute atomic E-state index is 0.369. The molecule has 0 bridgehead atoms. The lowest BCUT2D eigenvalue weighted by atomic mass is 9.76. The van der Waals surface area contributed by atoms with E-state index in [0.717, 1.165) is 12.0 Å². The van der Waals surface area contributed by atoms with Gasteiger partial charge in [0.15, 0.2) is 0 Å². The van der Waals surface area contributed by atoms with Crippen LogP contribution in [0, 0.1) is 0 Å². The van der Waals surface area contributed by atoms with Gasteiger partial charge >= 0.3 is 5.97 Å². The Morgan fingerprint density at radius 1 is 1.04 bits per heavy atom. The minimum Gasteiger partial charge on any atom is -0.489 e. The highest BCUT2D eigenvalue weighted by molar-refractivity contribution is 5.98. The Balaban J connectivity index is 1.59. The summed E-state index contributed by atoms with van der Waals surface area (Å²) in [5, 5.41) is 11.9. The summed E-state index contributed by atoms with van der Waals surface area (Å²) in [6, 6.07) is 16.5. The average molecular weight is 325 g/mol. The number of carbonyl (C=O) groups excluding carboxylic acids is 1. The summed E-state index contributed by atoms with van der Waals surface area (Å²) in [5.41, 5.74) is 0.391. The lowest BCUT2D eigenvalue weighted by molar-refractivity contribution is -0.148. The first kappa shape index (κ1) is 16.1. The number of carbonyl (C=O) groups is 2. The molecular weight excluding hydrogens is 306 g/mol. The van der Waals surface area contributed by atoms with E-state index in [-0.39, 0.29) is 5.91 Å². The molecule has 24 heavy (non-hydrogen) atoms. The summed E-state index contributed by atoms with van der Waals surface area (Å²) in [6.45, 7) is 0.453.